The quantitative estimate of drug-likeness (QED) is 0.740. The number of rotatable bonds is 6. The van der Waals surface area contributed by atoms with Crippen molar-refractivity contribution in [1.29, 1.82) is 5.26 Å². The lowest BCUT2D eigenvalue weighted by Crippen LogP contribution is -2.26. The first-order chi connectivity index (χ1) is 7.83. The SMILES string of the molecule is N#CCCCCNC(=O)Cc1ccccc1. The van der Waals surface area contributed by atoms with Gasteiger partial charge in [0.2, 0.25) is 5.91 Å². The fourth-order valence-electron chi connectivity index (χ4n) is 1.40. The number of nitrogens with zero attached hydrogens (tertiary/aromatic N) is 1. The van der Waals surface area contributed by atoms with Crippen molar-refractivity contribution in [2.75, 3.05) is 6.54 Å². The topological polar surface area (TPSA) is 52.9 Å². The predicted octanol–water partition coefficient (Wildman–Crippen LogP) is 2.04. The van der Waals surface area contributed by atoms with Gasteiger partial charge in [-0.1, -0.05) is 30.3 Å². The molecule has 0 fully saturated rings. The molecule has 0 aliphatic heterocycles. The Balaban J connectivity index is 2.15. The lowest BCUT2D eigenvalue weighted by molar-refractivity contribution is -0.120. The van der Waals surface area contributed by atoms with Crippen LogP contribution < -0.4 is 5.32 Å². The Labute approximate surface area is 96.1 Å². The van der Waals surface area contributed by atoms with Gasteiger partial charge in [-0.15, -0.1) is 0 Å². The average Bonchev–Trinajstić information content (AvgIpc) is 2.30. The minimum Gasteiger partial charge on any atom is -0.356 e. The normalized spacial score (nSPS) is 9.44. The van der Waals surface area contributed by atoms with Gasteiger partial charge in [0.05, 0.1) is 12.5 Å². The van der Waals surface area contributed by atoms with E-state index in [-0.39, 0.29) is 5.91 Å². The van der Waals surface area contributed by atoms with Gasteiger partial charge in [0.15, 0.2) is 0 Å². The highest BCUT2D eigenvalue weighted by Crippen LogP contribution is 1.99. The number of hydrogen-bond donors (Lipinski definition) is 1. The van der Waals surface area contributed by atoms with E-state index in [9.17, 15) is 4.79 Å². The zero-order chi connectivity index (χ0) is 11.6. The standard InChI is InChI=1S/C13H16N2O/c14-9-5-2-6-10-15-13(16)11-12-7-3-1-4-8-12/h1,3-4,7-8H,2,5-6,10-11H2,(H,15,16). The molecule has 3 heteroatoms. The molecule has 0 saturated carbocycles. The van der Waals surface area contributed by atoms with Crippen LogP contribution in [0.25, 0.3) is 0 Å². The molecule has 0 unspecified atom stereocenters. The van der Waals surface area contributed by atoms with Gasteiger partial charge in [0.25, 0.3) is 0 Å². The third kappa shape index (κ3) is 5.16. The summed E-state index contributed by atoms with van der Waals surface area (Å²) >= 11 is 0. The molecular formula is C13H16N2O. The van der Waals surface area contributed by atoms with Crippen LogP contribution in [0.2, 0.25) is 0 Å². The fraction of sp³-hybridized carbons (Fsp3) is 0.385. The fourth-order valence-corrected chi connectivity index (χ4v) is 1.40. The van der Waals surface area contributed by atoms with E-state index >= 15 is 0 Å². The van der Waals surface area contributed by atoms with Crippen LogP contribution in [-0.2, 0) is 11.2 Å². The van der Waals surface area contributed by atoms with Crippen molar-refractivity contribution in [1.82, 2.24) is 5.32 Å². The molecule has 1 aromatic carbocycles. The molecule has 0 aliphatic carbocycles. The maximum Gasteiger partial charge on any atom is 0.224 e. The second-order valence-electron chi connectivity index (χ2n) is 3.63. The Bertz CT molecular complexity index is 354. The molecule has 16 heavy (non-hydrogen) atoms. The van der Waals surface area contributed by atoms with Crippen LogP contribution >= 0.6 is 0 Å². The van der Waals surface area contributed by atoms with E-state index in [1.54, 1.807) is 0 Å². The molecule has 3 nitrogen and oxygen atoms in total. The molecule has 1 N–H and O–H groups in total. The molecular weight excluding hydrogens is 200 g/mol. The molecule has 0 radical (unpaired) electrons. The Morgan fingerprint density at radius 2 is 2.00 bits per heavy atom. The van der Waals surface area contributed by atoms with Crippen LogP contribution in [0, 0.1) is 11.3 Å². The van der Waals surface area contributed by atoms with Gasteiger partial charge in [0, 0.05) is 13.0 Å². The molecule has 0 aliphatic rings. The van der Waals surface area contributed by atoms with Crippen molar-refractivity contribution in [3.05, 3.63) is 35.9 Å². The minimum atomic E-state index is 0.0446. The summed E-state index contributed by atoms with van der Waals surface area (Å²) in [7, 11) is 0. The van der Waals surface area contributed by atoms with Crippen LogP contribution in [0.4, 0.5) is 0 Å². The third-order valence-corrected chi connectivity index (χ3v) is 2.25. The summed E-state index contributed by atoms with van der Waals surface area (Å²) < 4.78 is 0. The van der Waals surface area contributed by atoms with Crippen molar-refractivity contribution in [3.63, 3.8) is 0 Å². The Morgan fingerprint density at radius 1 is 1.25 bits per heavy atom. The number of carbonyl (C=O) groups is 1. The summed E-state index contributed by atoms with van der Waals surface area (Å²) in [6, 6.07) is 11.7. The minimum absolute atomic E-state index is 0.0446. The van der Waals surface area contributed by atoms with Crippen LogP contribution in [0.3, 0.4) is 0 Å². The van der Waals surface area contributed by atoms with E-state index in [0.717, 1.165) is 18.4 Å². The largest absolute Gasteiger partial charge is 0.356 e. The molecule has 0 aromatic heterocycles. The molecule has 0 spiro atoms. The highest BCUT2D eigenvalue weighted by atomic mass is 16.1. The third-order valence-electron chi connectivity index (χ3n) is 2.25. The summed E-state index contributed by atoms with van der Waals surface area (Å²) in [5, 5.41) is 11.2. The molecule has 1 amide bonds. The van der Waals surface area contributed by atoms with Crippen molar-refractivity contribution in [3.8, 4) is 6.07 Å². The number of nitriles is 1. The first-order valence-corrected chi connectivity index (χ1v) is 5.50. The Hall–Kier alpha value is -1.82. The van der Waals surface area contributed by atoms with Crippen LogP contribution in [-0.4, -0.2) is 12.5 Å². The van der Waals surface area contributed by atoms with E-state index in [1.807, 2.05) is 30.3 Å². The van der Waals surface area contributed by atoms with Gasteiger partial charge < -0.3 is 5.32 Å². The summed E-state index contributed by atoms with van der Waals surface area (Å²) in [4.78, 5) is 11.5. The van der Waals surface area contributed by atoms with E-state index in [4.69, 9.17) is 5.26 Å². The van der Waals surface area contributed by atoms with Crippen molar-refractivity contribution < 1.29 is 4.79 Å². The zero-order valence-corrected chi connectivity index (χ0v) is 9.28. The second-order valence-corrected chi connectivity index (χ2v) is 3.63. The monoisotopic (exact) mass is 216 g/mol. The van der Waals surface area contributed by atoms with Crippen molar-refractivity contribution in [2.24, 2.45) is 0 Å². The molecule has 0 atom stereocenters. The van der Waals surface area contributed by atoms with Crippen LogP contribution in [0.1, 0.15) is 24.8 Å². The zero-order valence-electron chi connectivity index (χ0n) is 9.28. The van der Waals surface area contributed by atoms with Gasteiger partial charge in [-0.2, -0.15) is 5.26 Å². The molecule has 84 valence electrons. The first-order valence-electron chi connectivity index (χ1n) is 5.50. The summed E-state index contributed by atoms with van der Waals surface area (Å²) in [5.74, 6) is 0.0446. The van der Waals surface area contributed by atoms with Crippen molar-refractivity contribution in [2.45, 2.75) is 25.7 Å². The van der Waals surface area contributed by atoms with Gasteiger partial charge in [-0.3, -0.25) is 4.79 Å². The maximum atomic E-state index is 11.5. The second kappa shape index (κ2) is 7.47. The summed E-state index contributed by atoms with van der Waals surface area (Å²) in [6.45, 7) is 0.660. The number of hydrogen-bond acceptors (Lipinski definition) is 2. The predicted molar refractivity (Wildman–Crippen MR) is 62.6 cm³/mol. The van der Waals surface area contributed by atoms with Crippen LogP contribution in [0.15, 0.2) is 30.3 Å². The van der Waals surface area contributed by atoms with Gasteiger partial charge in [0.1, 0.15) is 0 Å². The first kappa shape index (κ1) is 12.3. The van der Waals surface area contributed by atoms with E-state index in [2.05, 4.69) is 11.4 Å². The highest BCUT2D eigenvalue weighted by molar-refractivity contribution is 5.78. The van der Waals surface area contributed by atoms with Gasteiger partial charge in [-0.05, 0) is 18.4 Å². The summed E-state index contributed by atoms with van der Waals surface area (Å²) in [5.41, 5.74) is 1.03. The molecule has 0 saturated heterocycles. The van der Waals surface area contributed by atoms with Crippen molar-refractivity contribution >= 4 is 5.91 Å². The molecule has 1 rings (SSSR count). The number of benzene rings is 1. The Morgan fingerprint density at radius 3 is 2.69 bits per heavy atom. The number of carbonyl (C=O) groups excluding carboxylic acids is 1. The lowest BCUT2D eigenvalue weighted by Gasteiger charge is -2.04. The van der Waals surface area contributed by atoms with E-state index in [0.29, 0.717) is 19.4 Å². The number of nitrogens with one attached hydrogen (secondary N) is 1. The highest BCUT2D eigenvalue weighted by Gasteiger charge is 2.01. The van der Waals surface area contributed by atoms with E-state index in [1.165, 1.54) is 0 Å². The number of amides is 1. The Kier molecular flexibility index (Phi) is 5.72. The molecule has 0 heterocycles. The van der Waals surface area contributed by atoms with Gasteiger partial charge >= 0.3 is 0 Å². The average molecular weight is 216 g/mol. The molecule has 0 bridgehead atoms. The number of unbranched alkanes of at least 4 members (excludes halogenated alkanes) is 2. The smallest absolute Gasteiger partial charge is 0.224 e. The lowest BCUT2D eigenvalue weighted by atomic mass is 10.1. The maximum absolute atomic E-state index is 11.5. The molecule has 1 aromatic rings. The summed E-state index contributed by atoms with van der Waals surface area (Å²) in [6.07, 6.45) is 2.71. The van der Waals surface area contributed by atoms with E-state index < -0.39 is 0 Å². The van der Waals surface area contributed by atoms with Gasteiger partial charge in [-0.25, -0.2) is 0 Å². The van der Waals surface area contributed by atoms with Crippen LogP contribution in [0.5, 0.6) is 0 Å².